The molecular formula is C14H12BrFN2O2. The highest BCUT2D eigenvalue weighted by molar-refractivity contribution is 9.10. The molecule has 0 amide bonds. The quantitative estimate of drug-likeness (QED) is 0.642. The molecule has 104 valence electrons. The largest absolute Gasteiger partial charge is 0.350 e. The lowest BCUT2D eigenvalue weighted by atomic mass is 10.1. The van der Waals surface area contributed by atoms with Gasteiger partial charge in [-0.1, -0.05) is 22.0 Å². The normalized spacial score (nSPS) is 10.4. The molecule has 0 aliphatic heterocycles. The number of anilines is 2. The van der Waals surface area contributed by atoms with Gasteiger partial charge < -0.3 is 5.32 Å². The minimum Gasteiger partial charge on any atom is -0.350 e. The molecule has 0 bridgehead atoms. The van der Waals surface area contributed by atoms with Gasteiger partial charge in [0.15, 0.2) is 0 Å². The Balaban J connectivity index is 2.45. The van der Waals surface area contributed by atoms with Crippen LogP contribution in [0.25, 0.3) is 0 Å². The van der Waals surface area contributed by atoms with E-state index in [1.54, 1.807) is 0 Å². The molecule has 2 aromatic carbocycles. The van der Waals surface area contributed by atoms with Crippen LogP contribution >= 0.6 is 15.9 Å². The third-order valence-corrected chi connectivity index (χ3v) is 4.14. The number of benzene rings is 2. The van der Waals surface area contributed by atoms with Gasteiger partial charge in [-0.05, 0) is 49.2 Å². The summed E-state index contributed by atoms with van der Waals surface area (Å²) in [6.45, 7) is 3.84. The Labute approximate surface area is 123 Å². The summed E-state index contributed by atoms with van der Waals surface area (Å²) in [6.07, 6.45) is 0. The molecule has 0 fully saturated rings. The van der Waals surface area contributed by atoms with E-state index < -0.39 is 16.4 Å². The van der Waals surface area contributed by atoms with E-state index in [9.17, 15) is 14.5 Å². The Morgan fingerprint density at radius 3 is 2.40 bits per heavy atom. The Kier molecular flexibility index (Phi) is 4.04. The van der Waals surface area contributed by atoms with E-state index in [-0.39, 0.29) is 5.69 Å². The number of halogens is 2. The fraction of sp³-hybridized carbons (Fsp3) is 0.143. The molecule has 4 nitrogen and oxygen atoms in total. The zero-order chi connectivity index (χ0) is 14.9. The number of nitro benzene ring substituents is 1. The van der Waals surface area contributed by atoms with Gasteiger partial charge in [0.25, 0.3) is 0 Å². The van der Waals surface area contributed by atoms with E-state index in [0.29, 0.717) is 5.69 Å². The number of nitrogens with one attached hydrogen (secondary N) is 1. The van der Waals surface area contributed by atoms with Crippen LogP contribution in [0, 0.1) is 29.8 Å². The standard InChI is InChI=1S/C14H12BrFN2O2/c1-8-6-10(7-9(2)13(8)15)17-12-5-3-4-11(16)14(12)18(19)20/h3-7,17H,1-2H3. The van der Waals surface area contributed by atoms with Gasteiger partial charge in [0.2, 0.25) is 5.82 Å². The lowest BCUT2D eigenvalue weighted by Crippen LogP contribution is -2.00. The number of rotatable bonds is 3. The first-order valence-electron chi connectivity index (χ1n) is 5.87. The summed E-state index contributed by atoms with van der Waals surface area (Å²) in [5.74, 6) is -0.856. The monoisotopic (exact) mass is 338 g/mol. The minimum atomic E-state index is -0.856. The van der Waals surface area contributed by atoms with E-state index >= 15 is 0 Å². The van der Waals surface area contributed by atoms with Crippen molar-refractivity contribution >= 4 is 33.0 Å². The second-order valence-electron chi connectivity index (χ2n) is 4.44. The van der Waals surface area contributed by atoms with Crippen LogP contribution in [-0.4, -0.2) is 4.92 Å². The lowest BCUT2D eigenvalue weighted by Gasteiger charge is -2.11. The summed E-state index contributed by atoms with van der Waals surface area (Å²) in [4.78, 5) is 10.2. The molecule has 0 radical (unpaired) electrons. The molecule has 2 rings (SSSR count). The van der Waals surface area contributed by atoms with Crippen molar-refractivity contribution in [2.24, 2.45) is 0 Å². The van der Waals surface area contributed by atoms with Crippen LogP contribution in [0.15, 0.2) is 34.8 Å². The average Bonchev–Trinajstić information content (AvgIpc) is 2.35. The van der Waals surface area contributed by atoms with Crippen molar-refractivity contribution in [3.63, 3.8) is 0 Å². The van der Waals surface area contributed by atoms with Gasteiger partial charge >= 0.3 is 5.69 Å². The van der Waals surface area contributed by atoms with Crippen LogP contribution in [0.1, 0.15) is 11.1 Å². The van der Waals surface area contributed by atoms with Gasteiger partial charge in [-0.25, -0.2) is 0 Å². The molecule has 0 saturated carbocycles. The molecular weight excluding hydrogens is 327 g/mol. The third-order valence-electron chi connectivity index (χ3n) is 2.88. The second-order valence-corrected chi connectivity index (χ2v) is 5.24. The summed E-state index contributed by atoms with van der Waals surface area (Å²) in [6, 6.07) is 7.66. The third kappa shape index (κ3) is 2.80. The number of nitrogens with zero attached hydrogens (tertiary/aromatic N) is 1. The number of aryl methyl sites for hydroxylation is 2. The number of hydrogen-bond acceptors (Lipinski definition) is 3. The summed E-state index contributed by atoms with van der Waals surface area (Å²) in [5.41, 5.74) is 2.25. The highest BCUT2D eigenvalue weighted by Gasteiger charge is 2.20. The Morgan fingerprint density at radius 1 is 1.25 bits per heavy atom. The van der Waals surface area contributed by atoms with Gasteiger partial charge in [0.1, 0.15) is 5.69 Å². The first-order valence-corrected chi connectivity index (χ1v) is 6.66. The minimum absolute atomic E-state index is 0.135. The van der Waals surface area contributed by atoms with Crippen molar-refractivity contribution in [2.75, 3.05) is 5.32 Å². The molecule has 1 N–H and O–H groups in total. The maximum Gasteiger partial charge on any atom is 0.327 e. The van der Waals surface area contributed by atoms with Crippen molar-refractivity contribution in [3.05, 3.63) is 61.9 Å². The second kappa shape index (κ2) is 5.58. The summed E-state index contributed by atoms with van der Waals surface area (Å²) >= 11 is 3.45. The highest BCUT2D eigenvalue weighted by atomic mass is 79.9. The van der Waals surface area contributed by atoms with Gasteiger partial charge in [-0.3, -0.25) is 10.1 Å². The topological polar surface area (TPSA) is 55.2 Å². The molecule has 0 aromatic heterocycles. The number of hydrogen-bond donors (Lipinski definition) is 1. The first-order chi connectivity index (χ1) is 9.40. The molecule has 6 heteroatoms. The molecule has 20 heavy (non-hydrogen) atoms. The maximum atomic E-state index is 13.5. The van der Waals surface area contributed by atoms with E-state index in [1.807, 2.05) is 26.0 Å². The van der Waals surface area contributed by atoms with E-state index in [4.69, 9.17) is 0 Å². The summed E-state index contributed by atoms with van der Waals surface area (Å²) in [5, 5.41) is 13.8. The summed E-state index contributed by atoms with van der Waals surface area (Å²) in [7, 11) is 0. The Hall–Kier alpha value is -1.95. The highest BCUT2D eigenvalue weighted by Crippen LogP contribution is 2.32. The maximum absolute atomic E-state index is 13.5. The number of nitro groups is 1. The Bertz CT molecular complexity index is 666. The number of para-hydroxylation sites is 1. The molecule has 2 aromatic rings. The molecule has 0 aliphatic carbocycles. The van der Waals surface area contributed by atoms with Crippen LogP contribution in [0.2, 0.25) is 0 Å². The van der Waals surface area contributed by atoms with Crippen molar-refractivity contribution in [1.29, 1.82) is 0 Å². The lowest BCUT2D eigenvalue weighted by molar-refractivity contribution is -0.386. The van der Waals surface area contributed by atoms with E-state index in [1.165, 1.54) is 12.1 Å². The molecule has 0 atom stereocenters. The van der Waals surface area contributed by atoms with Crippen LogP contribution in [0.3, 0.4) is 0 Å². The molecule has 0 spiro atoms. The molecule has 0 heterocycles. The van der Waals surface area contributed by atoms with Gasteiger partial charge in [0, 0.05) is 10.2 Å². The van der Waals surface area contributed by atoms with Crippen LogP contribution in [0.5, 0.6) is 0 Å². The SMILES string of the molecule is Cc1cc(Nc2cccc(F)c2[N+](=O)[O-])cc(C)c1Br. The van der Waals surface area contributed by atoms with Crippen molar-refractivity contribution in [2.45, 2.75) is 13.8 Å². The van der Waals surface area contributed by atoms with Gasteiger partial charge in [0.05, 0.1) is 4.92 Å². The van der Waals surface area contributed by atoms with E-state index in [0.717, 1.165) is 21.7 Å². The van der Waals surface area contributed by atoms with E-state index in [2.05, 4.69) is 21.2 Å². The zero-order valence-electron chi connectivity index (χ0n) is 10.9. The van der Waals surface area contributed by atoms with Crippen LogP contribution in [0.4, 0.5) is 21.5 Å². The van der Waals surface area contributed by atoms with Crippen molar-refractivity contribution < 1.29 is 9.31 Å². The molecule has 0 unspecified atom stereocenters. The van der Waals surface area contributed by atoms with Gasteiger partial charge in [-0.15, -0.1) is 0 Å². The van der Waals surface area contributed by atoms with Crippen LogP contribution in [-0.2, 0) is 0 Å². The smallest absolute Gasteiger partial charge is 0.327 e. The van der Waals surface area contributed by atoms with Crippen LogP contribution < -0.4 is 5.32 Å². The average molecular weight is 339 g/mol. The first kappa shape index (κ1) is 14.5. The van der Waals surface area contributed by atoms with Gasteiger partial charge in [-0.2, -0.15) is 4.39 Å². The fourth-order valence-electron chi connectivity index (χ4n) is 1.98. The predicted molar refractivity (Wildman–Crippen MR) is 80.0 cm³/mol. The molecule has 0 saturated heterocycles. The predicted octanol–water partition coefficient (Wildman–Crippen LogP) is 4.86. The zero-order valence-corrected chi connectivity index (χ0v) is 12.5. The Morgan fingerprint density at radius 2 is 1.85 bits per heavy atom. The van der Waals surface area contributed by atoms with Crippen molar-refractivity contribution in [1.82, 2.24) is 0 Å². The summed E-state index contributed by atoms with van der Waals surface area (Å²) < 4.78 is 14.5. The van der Waals surface area contributed by atoms with Crippen molar-refractivity contribution in [3.8, 4) is 0 Å². The fourth-order valence-corrected chi connectivity index (χ4v) is 2.20. The molecule has 0 aliphatic rings.